The van der Waals surface area contributed by atoms with Crippen LogP contribution in [-0.2, 0) is 4.74 Å². The molecule has 4 nitrogen and oxygen atoms in total. The summed E-state index contributed by atoms with van der Waals surface area (Å²) in [6, 6.07) is 3.12. The summed E-state index contributed by atoms with van der Waals surface area (Å²) in [5.41, 5.74) is 0.536. The zero-order valence-electron chi connectivity index (χ0n) is 7.80. The Kier molecular flexibility index (Phi) is 3.35. The number of methoxy groups -OCH3 is 2. The van der Waals surface area contributed by atoms with Crippen LogP contribution >= 0.6 is 15.9 Å². The predicted molar refractivity (Wildman–Crippen MR) is 56.2 cm³/mol. The van der Waals surface area contributed by atoms with Crippen LogP contribution in [0.2, 0.25) is 0 Å². The fourth-order valence-corrected chi connectivity index (χ4v) is 1.42. The zero-order valence-corrected chi connectivity index (χ0v) is 9.38. The van der Waals surface area contributed by atoms with Crippen molar-refractivity contribution in [3.63, 3.8) is 0 Å². The van der Waals surface area contributed by atoms with E-state index in [9.17, 15) is 5.11 Å². The van der Waals surface area contributed by atoms with Crippen molar-refractivity contribution in [2.24, 2.45) is 0 Å². The van der Waals surface area contributed by atoms with Crippen LogP contribution in [0.4, 0.5) is 0 Å². The summed E-state index contributed by atoms with van der Waals surface area (Å²) in [5, 5.41) is 16.9. The van der Waals surface area contributed by atoms with Crippen molar-refractivity contribution in [1.82, 2.24) is 0 Å². The third-order valence-corrected chi connectivity index (χ3v) is 2.32. The molecule has 0 atom stereocenters. The second kappa shape index (κ2) is 4.32. The summed E-state index contributed by atoms with van der Waals surface area (Å²) < 4.78 is 10.2. The minimum absolute atomic E-state index is 0.0140. The molecule has 0 unspecified atom stereocenters. The minimum atomic E-state index is 0.0140. The highest BCUT2D eigenvalue weighted by atomic mass is 79.9. The Labute approximate surface area is 90.1 Å². The standard InChI is InChI=1S/C9H10BrNO3/c1-13-7-4-5(9(11)14-2)3-6(10)8(7)12/h3-4,11-12H,1-2H3. The highest BCUT2D eigenvalue weighted by Gasteiger charge is 2.11. The second-order valence-corrected chi connectivity index (χ2v) is 3.40. The van der Waals surface area contributed by atoms with Crippen LogP contribution < -0.4 is 4.74 Å². The topological polar surface area (TPSA) is 62.5 Å². The van der Waals surface area contributed by atoms with E-state index >= 15 is 0 Å². The van der Waals surface area contributed by atoms with Crippen LogP contribution in [0.3, 0.4) is 0 Å². The van der Waals surface area contributed by atoms with E-state index in [-0.39, 0.29) is 11.6 Å². The Morgan fingerprint density at radius 3 is 2.57 bits per heavy atom. The molecule has 0 saturated carbocycles. The van der Waals surface area contributed by atoms with E-state index in [4.69, 9.17) is 14.9 Å². The van der Waals surface area contributed by atoms with Crippen molar-refractivity contribution in [2.45, 2.75) is 0 Å². The van der Waals surface area contributed by atoms with Gasteiger partial charge in [0.15, 0.2) is 11.5 Å². The third-order valence-electron chi connectivity index (χ3n) is 1.71. The summed E-state index contributed by atoms with van der Waals surface area (Å²) in [4.78, 5) is 0. The SMILES string of the molecule is COC(=N)c1cc(Br)c(O)c(OC)c1. The molecular weight excluding hydrogens is 250 g/mol. The van der Waals surface area contributed by atoms with Gasteiger partial charge in [0, 0.05) is 5.56 Å². The first-order valence-electron chi connectivity index (χ1n) is 3.79. The zero-order chi connectivity index (χ0) is 10.7. The first-order chi connectivity index (χ1) is 6.60. The molecule has 0 spiro atoms. The van der Waals surface area contributed by atoms with Gasteiger partial charge >= 0.3 is 0 Å². The van der Waals surface area contributed by atoms with Crippen molar-refractivity contribution < 1.29 is 14.6 Å². The fraction of sp³-hybridized carbons (Fsp3) is 0.222. The Balaban J connectivity index is 3.22. The number of ether oxygens (including phenoxy) is 2. The van der Waals surface area contributed by atoms with Crippen LogP contribution in [0.15, 0.2) is 16.6 Å². The maximum atomic E-state index is 9.49. The van der Waals surface area contributed by atoms with E-state index < -0.39 is 0 Å². The van der Waals surface area contributed by atoms with Crippen molar-refractivity contribution in [3.8, 4) is 11.5 Å². The van der Waals surface area contributed by atoms with Crippen LogP contribution in [0.1, 0.15) is 5.56 Å². The third kappa shape index (κ3) is 1.98. The largest absolute Gasteiger partial charge is 0.503 e. The lowest BCUT2D eigenvalue weighted by atomic mass is 10.2. The molecule has 1 rings (SSSR count). The van der Waals surface area contributed by atoms with Gasteiger partial charge in [-0.1, -0.05) is 0 Å². The highest BCUT2D eigenvalue weighted by molar-refractivity contribution is 9.10. The van der Waals surface area contributed by atoms with Crippen molar-refractivity contribution in [3.05, 3.63) is 22.2 Å². The Bertz CT molecular complexity index is 365. The average Bonchev–Trinajstić information content (AvgIpc) is 2.20. The summed E-state index contributed by atoms with van der Waals surface area (Å²) in [6.45, 7) is 0. The van der Waals surface area contributed by atoms with E-state index in [2.05, 4.69) is 15.9 Å². The molecule has 0 aliphatic carbocycles. The first kappa shape index (κ1) is 10.8. The Morgan fingerprint density at radius 1 is 1.43 bits per heavy atom. The first-order valence-corrected chi connectivity index (χ1v) is 4.59. The average molecular weight is 260 g/mol. The molecule has 0 aliphatic rings. The number of hydrogen-bond donors (Lipinski definition) is 2. The number of phenolic OH excluding ortho intramolecular Hbond substituents is 1. The molecule has 14 heavy (non-hydrogen) atoms. The maximum Gasteiger partial charge on any atom is 0.213 e. The lowest BCUT2D eigenvalue weighted by Gasteiger charge is -2.08. The molecule has 0 aliphatic heterocycles. The highest BCUT2D eigenvalue weighted by Crippen LogP contribution is 2.35. The lowest BCUT2D eigenvalue weighted by Crippen LogP contribution is -2.01. The number of hydrogen-bond acceptors (Lipinski definition) is 4. The van der Waals surface area contributed by atoms with Gasteiger partial charge in [-0.25, -0.2) is 0 Å². The van der Waals surface area contributed by atoms with E-state index in [1.165, 1.54) is 20.3 Å². The number of aromatic hydroxyl groups is 1. The van der Waals surface area contributed by atoms with Gasteiger partial charge in [0.2, 0.25) is 5.90 Å². The van der Waals surface area contributed by atoms with E-state index in [1.807, 2.05) is 0 Å². The quantitative estimate of drug-likeness (QED) is 0.632. The Hall–Kier alpha value is -1.23. The molecule has 1 aromatic rings. The van der Waals surface area contributed by atoms with E-state index in [0.29, 0.717) is 15.8 Å². The molecule has 2 N–H and O–H groups in total. The molecular formula is C9H10BrNO3. The molecule has 0 radical (unpaired) electrons. The van der Waals surface area contributed by atoms with Gasteiger partial charge < -0.3 is 14.6 Å². The van der Waals surface area contributed by atoms with E-state index in [0.717, 1.165) is 0 Å². The van der Waals surface area contributed by atoms with Gasteiger partial charge in [0.1, 0.15) is 0 Å². The number of phenols is 1. The van der Waals surface area contributed by atoms with Crippen molar-refractivity contribution in [2.75, 3.05) is 14.2 Å². The van der Waals surface area contributed by atoms with Crippen LogP contribution in [0.25, 0.3) is 0 Å². The predicted octanol–water partition coefficient (Wildman–Crippen LogP) is 2.14. The van der Waals surface area contributed by atoms with Gasteiger partial charge in [0.05, 0.1) is 18.7 Å². The van der Waals surface area contributed by atoms with Gasteiger partial charge in [-0.2, -0.15) is 0 Å². The lowest BCUT2D eigenvalue weighted by molar-refractivity contribution is 0.370. The molecule has 5 heteroatoms. The van der Waals surface area contributed by atoms with Crippen LogP contribution in [0.5, 0.6) is 11.5 Å². The van der Waals surface area contributed by atoms with E-state index in [1.54, 1.807) is 6.07 Å². The van der Waals surface area contributed by atoms with Gasteiger partial charge in [-0.15, -0.1) is 0 Å². The maximum absolute atomic E-state index is 9.49. The number of rotatable bonds is 2. The second-order valence-electron chi connectivity index (χ2n) is 2.54. The van der Waals surface area contributed by atoms with Gasteiger partial charge in [-0.05, 0) is 28.1 Å². The van der Waals surface area contributed by atoms with Crippen molar-refractivity contribution >= 4 is 21.8 Å². The smallest absolute Gasteiger partial charge is 0.213 e. The molecule has 0 bridgehead atoms. The molecule has 1 aromatic carbocycles. The summed E-state index contributed by atoms with van der Waals surface area (Å²) in [6.07, 6.45) is 0. The summed E-state index contributed by atoms with van der Waals surface area (Å²) in [7, 11) is 2.86. The molecule has 0 aromatic heterocycles. The molecule has 0 fully saturated rings. The van der Waals surface area contributed by atoms with Crippen LogP contribution in [-0.4, -0.2) is 25.2 Å². The van der Waals surface area contributed by atoms with Crippen molar-refractivity contribution in [1.29, 1.82) is 5.41 Å². The molecule has 0 amide bonds. The number of nitrogens with one attached hydrogen (secondary N) is 1. The monoisotopic (exact) mass is 259 g/mol. The van der Waals surface area contributed by atoms with Gasteiger partial charge in [0.25, 0.3) is 0 Å². The number of halogens is 1. The fourth-order valence-electron chi connectivity index (χ4n) is 0.978. The normalized spacial score (nSPS) is 9.64. The molecule has 76 valence electrons. The molecule has 0 saturated heterocycles. The summed E-state index contributed by atoms with van der Waals surface area (Å²) in [5.74, 6) is 0.334. The minimum Gasteiger partial charge on any atom is -0.503 e. The number of benzene rings is 1. The van der Waals surface area contributed by atoms with Crippen LogP contribution in [0, 0.1) is 5.41 Å². The van der Waals surface area contributed by atoms with Gasteiger partial charge in [-0.3, -0.25) is 5.41 Å². The Morgan fingerprint density at radius 2 is 2.07 bits per heavy atom. The summed E-state index contributed by atoms with van der Waals surface area (Å²) >= 11 is 3.15. The molecule has 0 heterocycles.